The fourth-order valence-electron chi connectivity index (χ4n) is 3.37. The number of benzene rings is 2. The van der Waals surface area contributed by atoms with E-state index < -0.39 is 0 Å². The second-order valence-corrected chi connectivity index (χ2v) is 8.88. The molecule has 0 saturated carbocycles. The molecule has 8 heteroatoms. The highest BCUT2D eigenvalue weighted by molar-refractivity contribution is 7.99. The SMILES string of the molecule is CC[C@H](C)c1ccc(NC(=O)CSc2nnc(COc3ccccc3)n2Cc2ccco2)cc1. The second kappa shape index (κ2) is 11.6. The predicted molar refractivity (Wildman–Crippen MR) is 133 cm³/mol. The molecule has 4 rings (SSSR count). The number of para-hydroxylation sites is 1. The van der Waals surface area contributed by atoms with Crippen molar-refractivity contribution in [1.82, 2.24) is 14.8 Å². The third-order valence-corrected chi connectivity index (χ3v) is 6.47. The molecule has 0 bridgehead atoms. The second-order valence-electron chi connectivity index (χ2n) is 7.93. The van der Waals surface area contributed by atoms with Gasteiger partial charge in [-0.15, -0.1) is 10.2 Å². The summed E-state index contributed by atoms with van der Waals surface area (Å²) in [5, 5.41) is 12.2. The smallest absolute Gasteiger partial charge is 0.234 e. The molecule has 0 aliphatic rings. The maximum absolute atomic E-state index is 12.6. The molecule has 0 unspecified atom stereocenters. The molecule has 2 heterocycles. The molecule has 34 heavy (non-hydrogen) atoms. The topological polar surface area (TPSA) is 82.2 Å². The van der Waals surface area contributed by atoms with Crippen LogP contribution in [0.5, 0.6) is 5.75 Å². The summed E-state index contributed by atoms with van der Waals surface area (Å²) in [5.41, 5.74) is 2.05. The molecular weight excluding hydrogens is 448 g/mol. The number of aromatic nitrogens is 3. The van der Waals surface area contributed by atoms with Crippen LogP contribution in [-0.4, -0.2) is 26.4 Å². The first-order chi connectivity index (χ1) is 16.6. The van der Waals surface area contributed by atoms with Crippen LogP contribution in [-0.2, 0) is 17.9 Å². The number of amides is 1. The van der Waals surface area contributed by atoms with Crippen LogP contribution in [0.2, 0.25) is 0 Å². The monoisotopic (exact) mass is 476 g/mol. The van der Waals surface area contributed by atoms with E-state index >= 15 is 0 Å². The van der Waals surface area contributed by atoms with Crippen molar-refractivity contribution >= 4 is 23.4 Å². The summed E-state index contributed by atoms with van der Waals surface area (Å²) in [5.74, 6) is 2.79. The lowest BCUT2D eigenvalue weighted by Crippen LogP contribution is -2.15. The van der Waals surface area contributed by atoms with Gasteiger partial charge in [-0.25, -0.2) is 0 Å². The lowest BCUT2D eigenvalue weighted by Gasteiger charge is -2.11. The zero-order valence-corrected chi connectivity index (χ0v) is 20.1. The normalized spacial score (nSPS) is 11.8. The summed E-state index contributed by atoms with van der Waals surface area (Å²) in [7, 11) is 0. The van der Waals surface area contributed by atoms with Crippen LogP contribution < -0.4 is 10.1 Å². The summed E-state index contributed by atoms with van der Waals surface area (Å²) >= 11 is 1.33. The molecule has 1 amide bonds. The van der Waals surface area contributed by atoms with Crippen LogP contribution in [0.4, 0.5) is 5.69 Å². The number of nitrogens with zero attached hydrogens (tertiary/aromatic N) is 3. The predicted octanol–water partition coefficient (Wildman–Crippen LogP) is 5.74. The van der Waals surface area contributed by atoms with Gasteiger partial charge in [-0.3, -0.25) is 9.36 Å². The summed E-state index contributed by atoms with van der Waals surface area (Å²) in [6, 6.07) is 21.3. The fourth-order valence-corrected chi connectivity index (χ4v) is 4.13. The van der Waals surface area contributed by atoms with Crippen molar-refractivity contribution in [1.29, 1.82) is 0 Å². The highest BCUT2D eigenvalue weighted by atomic mass is 32.2. The Labute approximate surface area is 203 Å². The summed E-state index contributed by atoms with van der Waals surface area (Å²) < 4.78 is 13.3. The molecule has 0 saturated heterocycles. The Hall–Kier alpha value is -3.52. The molecule has 1 atom stereocenters. The van der Waals surface area contributed by atoms with Gasteiger partial charge >= 0.3 is 0 Å². The molecule has 4 aromatic rings. The lowest BCUT2D eigenvalue weighted by atomic mass is 9.99. The lowest BCUT2D eigenvalue weighted by molar-refractivity contribution is -0.113. The minimum Gasteiger partial charge on any atom is -0.486 e. The van der Waals surface area contributed by atoms with Crippen molar-refractivity contribution in [3.05, 3.63) is 90.1 Å². The van der Waals surface area contributed by atoms with Crippen LogP contribution in [0, 0.1) is 0 Å². The molecule has 2 aromatic carbocycles. The standard InChI is InChI=1S/C26H28N4O3S/c1-3-19(2)20-11-13-21(14-12-20)27-25(31)18-34-26-29-28-24(17-33-22-8-5-4-6-9-22)30(26)16-23-10-7-15-32-23/h4-15,19H,3,16-18H2,1-2H3,(H,27,31)/t19-/m0/s1. The Bertz CT molecular complexity index is 1170. The van der Waals surface area contributed by atoms with Gasteiger partial charge in [0.15, 0.2) is 11.0 Å². The van der Waals surface area contributed by atoms with Gasteiger partial charge in [0.2, 0.25) is 5.91 Å². The first-order valence-corrected chi connectivity index (χ1v) is 12.3. The van der Waals surface area contributed by atoms with Gasteiger partial charge in [-0.05, 0) is 54.3 Å². The minimum atomic E-state index is -0.101. The van der Waals surface area contributed by atoms with E-state index in [1.54, 1.807) is 6.26 Å². The minimum absolute atomic E-state index is 0.101. The molecule has 7 nitrogen and oxygen atoms in total. The molecule has 0 fully saturated rings. The van der Waals surface area contributed by atoms with Crippen molar-refractivity contribution < 1.29 is 13.9 Å². The molecule has 0 aliphatic carbocycles. The number of hydrogen-bond acceptors (Lipinski definition) is 6. The van der Waals surface area contributed by atoms with Gasteiger partial charge in [0.05, 0.1) is 18.6 Å². The van der Waals surface area contributed by atoms with Gasteiger partial charge in [0.25, 0.3) is 0 Å². The van der Waals surface area contributed by atoms with E-state index in [2.05, 4.69) is 41.5 Å². The van der Waals surface area contributed by atoms with E-state index in [1.807, 2.05) is 59.2 Å². The number of thioether (sulfide) groups is 1. The molecular formula is C26H28N4O3S. The van der Waals surface area contributed by atoms with E-state index in [0.717, 1.165) is 23.6 Å². The molecule has 0 radical (unpaired) electrons. The third-order valence-electron chi connectivity index (χ3n) is 5.51. The van der Waals surface area contributed by atoms with Crippen LogP contribution in [0.3, 0.4) is 0 Å². The van der Waals surface area contributed by atoms with E-state index in [9.17, 15) is 4.79 Å². The van der Waals surface area contributed by atoms with Crippen LogP contribution >= 0.6 is 11.8 Å². The first-order valence-electron chi connectivity index (χ1n) is 11.3. The Morgan fingerprint density at radius 2 is 1.88 bits per heavy atom. The zero-order chi connectivity index (χ0) is 23.8. The van der Waals surface area contributed by atoms with E-state index in [-0.39, 0.29) is 18.3 Å². The molecule has 1 N–H and O–H groups in total. The Morgan fingerprint density at radius 1 is 1.09 bits per heavy atom. The summed E-state index contributed by atoms with van der Waals surface area (Å²) in [6.45, 7) is 5.07. The fraction of sp³-hybridized carbons (Fsp3) is 0.269. The van der Waals surface area contributed by atoms with Gasteiger partial charge < -0.3 is 14.5 Å². The van der Waals surface area contributed by atoms with E-state index in [4.69, 9.17) is 9.15 Å². The van der Waals surface area contributed by atoms with Crippen molar-refractivity contribution in [2.24, 2.45) is 0 Å². The molecule has 2 aromatic heterocycles. The third kappa shape index (κ3) is 6.29. The summed E-state index contributed by atoms with van der Waals surface area (Å²) in [6.07, 6.45) is 2.71. The Kier molecular flexibility index (Phi) is 8.04. The van der Waals surface area contributed by atoms with Crippen LogP contribution in [0.25, 0.3) is 0 Å². The van der Waals surface area contributed by atoms with Gasteiger partial charge in [0.1, 0.15) is 18.1 Å². The number of anilines is 1. The highest BCUT2D eigenvalue weighted by Crippen LogP contribution is 2.23. The van der Waals surface area contributed by atoms with Crippen LogP contribution in [0.15, 0.2) is 82.6 Å². The number of rotatable bonds is 11. The van der Waals surface area contributed by atoms with Crippen molar-refractivity contribution in [2.75, 3.05) is 11.1 Å². The van der Waals surface area contributed by atoms with Gasteiger partial charge in [0, 0.05) is 5.69 Å². The number of furan rings is 1. The Morgan fingerprint density at radius 3 is 2.59 bits per heavy atom. The number of hydrogen-bond donors (Lipinski definition) is 1. The van der Waals surface area contributed by atoms with Crippen molar-refractivity contribution in [3.63, 3.8) is 0 Å². The maximum atomic E-state index is 12.6. The highest BCUT2D eigenvalue weighted by Gasteiger charge is 2.16. The number of nitrogens with one attached hydrogen (secondary N) is 1. The van der Waals surface area contributed by atoms with E-state index in [1.165, 1.54) is 17.3 Å². The number of ether oxygens (including phenoxy) is 1. The molecule has 0 spiro atoms. The largest absolute Gasteiger partial charge is 0.486 e. The van der Waals surface area contributed by atoms with E-state index in [0.29, 0.717) is 23.4 Å². The number of carbonyl (C=O) groups excluding carboxylic acids is 1. The average molecular weight is 477 g/mol. The number of carbonyl (C=O) groups is 1. The Balaban J connectivity index is 1.40. The molecule has 176 valence electrons. The zero-order valence-electron chi connectivity index (χ0n) is 19.3. The van der Waals surface area contributed by atoms with Gasteiger partial charge in [-0.1, -0.05) is 55.9 Å². The first kappa shape index (κ1) is 23.6. The van der Waals surface area contributed by atoms with Crippen LogP contribution in [0.1, 0.15) is 43.3 Å². The summed E-state index contributed by atoms with van der Waals surface area (Å²) in [4.78, 5) is 12.6. The van der Waals surface area contributed by atoms with Crippen molar-refractivity contribution in [2.45, 2.75) is 44.5 Å². The maximum Gasteiger partial charge on any atom is 0.234 e. The quantitative estimate of drug-likeness (QED) is 0.278. The van der Waals surface area contributed by atoms with Gasteiger partial charge in [-0.2, -0.15) is 0 Å². The van der Waals surface area contributed by atoms with Crippen molar-refractivity contribution in [3.8, 4) is 5.75 Å². The average Bonchev–Trinajstić information content (AvgIpc) is 3.52. The molecule has 0 aliphatic heterocycles.